The summed E-state index contributed by atoms with van der Waals surface area (Å²) >= 11 is 0. The van der Waals surface area contributed by atoms with Gasteiger partial charge in [-0.2, -0.15) is 13.2 Å². The van der Waals surface area contributed by atoms with E-state index in [0.717, 1.165) is 18.2 Å². The molecule has 0 bridgehead atoms. The zero-order valence-corrected chi connectivity index (χ0v) is 11.5. The predicted octanol–water partition coefficient (Wildman–Crippen LogP) is 2.99. The van der Waals surface area contributed by atoms with E-state index >= 15 is 0 Å². The number of phenolic OH excluding ortho intramolecular Hbond substituents is 1. The van der Waals surface area contributed by atoms with Crippen LogP contribution in [0.1, 0.15) is 5.56 Å². The van der Waals surface area contributed by atoms with Crippen LogP contribution in [0.4, 0.5) is 24.5 Å². The van der Waals surface area contributed by atoms with Crippen molar-refractivity contribution < 1.29 is 27.9 Å². The summed E-state index contributed by atoms with van der Waals surface area (Å²) in [6.45, 7) is 0. The first kappa shape index (κ1) is 16.3. The molecule has 0 aromatic heterocycles. The van der Waals surface area contributed by atoms with E-state index in [1.54, 1.807) is 0 Å². The maximum atomic E-state index is 12.6. The summed E-state index contributed by atoms with van der Waals surface area (Å²) < 4.78 is 37.7. The molecule has 0 aliphatic rings. The molecule has 0 atom stereocenters. The molecule has 0 spiro atoms. The van der Waals surface area contributed by atoms with E-state index in [-0.39, 0.29) is 17.1 Å². The van der Waals surface area contributed by atoms with Crippen molar-refractivity contribution in [3.05, 3.63) is 54.1 Å². The van der Waals surface area contributed by atoms with Crippen molar-refractivity contribution >= 4 is 23.2 Å². The Hall–Kier alpha value is -3.03. The van der Waals surface area contributed by atoms with Crippen LogP contribution in [-0.4, -0.2) is 16.9 Å². The average molecular weight is 324 g/mol. The highest BCUT2D eigenvalue weighted by atomic mass is 19.4. The number of alkyl halides is 3. The van der Waals surface area contributed by atoms with E-state index in [0.29, 0.717) is 0 Å². The Balaban J connectivity index is 2.05. The third kappa shape index (κ3) is 4.47. The molecule has 0 radical (unpaired) electrons. The van der Waals surface area contributed by atoms with E-state index in [1.165, 1.54) is 30.3 Å². The molecule has 0 unspecified atom stereocenters. The average Bonchev–Trinajstić information content (AvgIpc) is 2.46. The molecule has 2 amide bonds. The molecule has 5 nitrogen and oxygen atoms in total. The standard InChI is InChI=1S/C15H11F3N2O3/c16-15(17,18)9-3-1-4-10(7-9)19-13(22)14(23)20-11-5-2-6-12(21)8-11/h1-8,21H,(H,19,22)(H,20,23). The smallest absolute Gasteiger partial charge is 0.416 e. The molecule has 0 saturated carbocycles. The number of hydrogen-bond acceptors (Lipinski definition) is 3. The summed E-state index contributed by atoms with van der Waals surface area (Å²) in [4.78, 5) is 23.4. The van der Waals surface area contributed by atoms with Gasteiger partial charge in [0, 0.05) is 17.4 Å². The largest absolute Gasteiger partial charge is 0.508 e. The summed E-state index contributed by atoms with van der Waals surface area (Å²) in [5.74, 6) is -2.32. The highest BCUT2D eigenvalue weighted by Gasteiger charge is 2.30. The van der Waals surface area contributed by atoms with Gasteiger partial charge in [-0.25, -0.2) is 0 Å². The third-order valence-corrected chi connectivity index (χ3v) is 2.76. The fourth-order valence-corrected chi connectivity index (χ4v) is 1.73. The first-order valence-corrected chi connectivity index (χ1v) is 6.34. The lowest BCUT2D eigenvalue weighted by Crippen LogP contribution is -2.29. The van der Waals surface area contributed by atoms with Gasteiger partial charge < -0.3 is 15.7 Å². The summed E-state index contributed by atoms with van der Waals surface area (Å²) in [5, 5.41) is 13.5. The number of carbonyl (C=O) groups excluding carboxylic acids is 2. The van der Waals surface area contributed by atoms with Crippen LogP contribution in [-0.2, 0) is 15.8 Å². The number of hydrogen-bond donors (Lipinski definition) is 3. The van der Waals surface area contributed by atoms with Gasteiger partial charge in [0.2, 0.25) is 0 Å². The van der Waals surface area contributed by atoms with Crippen molar-refractivity contribution in [1.29, 1.82) is 0 Å². The predicted molar refractivity (Wildman–Crippen MR) is 76.8 cm³/mol. The molecule has 2 rings (SSSR count). The highest BCUT2D eigenvalue weighted by molar-refractivity contribution is 6.43. The Kier molecular flexibility index (Phi) is 4.54. The summed E-state index contributed by atoms with van der Waals surface area (Å²) in [6, 6.07) is 9.40. The SMILES string of the molecule is O=C(Nc1cccc(O)c1)C(=O)Nc1cccc(C(F)(F)F)c1. The topological polar surface area (TPSA) is 78.4 Å². The Morgan fingerprint density at radius 2 is 1.39 bits per heavy atom. The number of amides is 2. The van der Waals surface area contributed by atoms with Gasteiger partial charge in [-0.15, -0.1) is 0 Å². The number of aromatic hydroxyl groups is 1. The van der Waals surface area contributed by atoms with E-state index in [4.69, 9.17) is 0 Å². The molecule has 23 heavy (non-hydrogen) atoms. The molecular formula is C15H11F3N2O3. The van der Waals surface area contributed by atoms with Crippen LogP contribution >= 0.6 is 0 Å². The monoisotopic (exact) mass is 324 g/mol. The maximum absolute atomic E-state index is 12.6. The number of anilines is 2. The van der Waals surface area contributed by atoms with Crippen molar-refractivity contribution in [2.45, 2.75) is 6.18 Å². The van der Waals surface area contributed by atoms with Crippen molar-refractivity contribution in [3.8, 4) is 5.75 Å². The summed E-state index contributed by atoms with van der Waals surface area (Å²) in [6.07, 6.45) is -4.55. The molecule has 2 aromatic rings. The van der Waals surface area contributed by atoms with Gasteiger partial charge in [-0.05, 0) is 30.3 Å². The normalized spacial score (nSPS) is 10.9. The van der Waals surface area contributed by atoms with Crippen molar-refractivity contribution in [2.24, 2.45) is 0 Å². The molecule has 8 heteroatoms. The molecule has 0 heterocycles. The van der Waals surface area contributed by atoms with E-state index < -0.39 is 23.6 Å². The van der Waals surface area contributed by atoms with Crippen molar-refractivity contribution in [2.75, 3.05) is 10.6 Å². The second kappa shape index (κ2) is 6.39. The lowest BCUT2D eigenvalue weighted by Gasteiger charge is -2.10. The maximum Gasteiger partial charge on any atom is 0.416 e. The molecule has 120 valence electrons. The zero-order valence-electron chi connectivity index (χ0n) is 11.5. The van der Waals surface area contributed by atoms with Crippen LogP contribution in [0.25, 0.3) is 0 Å². The second-order valence-electron chi connectivity index (χ2n) is 4.54. The molecular weight excluding hydrogens is 313 g/mol. The second-order valence-corrected chi connectivity index (χ2v) is 4.54. The van der Waals surface area contributed by atoms with Gasteiger partial charge in [0.15, 0.2) is 0 Å². The summed E-state index contributed by atoms with van der Waals surface area (Å²) in [5.41, 5.74) is -0.922. The number of nitrogens with one attached hydrogen (secondary N) is 2. The zero-order chi connectivity index (χ0) is 17.0. The van der Waals surface area contributed by atoms with Crippen molar-refractivity contribution in [1.82, 2.24) is 0 Å². The van der Waals surface area contributed by atoms with Crippen LogP contribution in [0.15, 0.2) is 48.5 Å². The number of phenols is 1. The van der Waals surface area contributed by atoms with E-state index in [2.05, 4.69) is 10.6 Å². The van der Waals surface area contributed by atoms with Crippen LogP contribution in [0.3, 0.4) is 0 Å². The van der Waals surface area contributed by atoms with Gasteiger partial charge in [0.25, 0.3) is 0 Å². The summed E-state index contributed by atoms with van der Waals surface area (Å²) in [7, 11) is 0. The fourth-order valence-electron chi connectivity index (χ4n) is 1.73. The van der Waals surface area contributed by atoms with E-state index in [1.807, 2.05) is 0 Å². The Morgan fingerprint density at radius 1 is 0.870 bits per heavy atom. The Bertz CT molecular complexity index is 745. The first-order chi connectivity index (χ1) is 10.8. The van der Waals surface area contributed by atoms with Crippen molar-refractivity contribution in [3.63, 3.8) is 0 Å². The lowest BCUT2D eigenvalue weighted by atomic mass is 10.2. The van der Waals surface area contributed by atoms with Gasteiger partial charge >= 0.3 is 18.0 Å². The minimum absolute atomic E-state index is 0.110. The fraction of sp³-hybridized carbons (Fsp3) is 0.0667. The van der Waals surface area contributed by atoms with Gasteiger partial charge in [-0.3, -0.25) is 9.59 Å². The number of benzene rings is 2. The van der Waals surface area contributed by atoms with E-state index in [9.17, 15) is 27.9 Å². The van der Waals surface area contributed by atoms with Gasteiger partial charge in [0.1, 0.15) is 5.75 Å². The number of rotatable bonds is 2. The first-order valence-electron chi connectivity index (χ1n) is 6.34. The van der Waals surface area contributed by atoms with Crippen LogP contribution in [0.2, 0.25) is 0 Å². The third-order valence-electron chi connectivity index (χ3n) is 2.76. The molecule has 0 saturated heterocycles. The molecule has 3 N–H and O–H groups in total. The Morgan fingerprint density at radius 3 is 1.91 bits per heavy atom. The Labute approximate surface area is 128 Å². The lowest BCUT2D eigenvalue weighted by molar-refractivity contribution is -0.137. The molecule has 0 aliphatic carbocycles. The van der Waals surface area contributed by atoms with Gasteiger partial charge in [0.05, 0.1) is 5.56 Å². The van der Waals surface area contributed by atoms with Crippen LogP contribution in [0, 0.1) is 0 Å². The minimum atomic E-state index is -4.55. The molecule has 0 aliphatic heterocycles. The van der Waals surface area contributed by atoms with Crippen LogP contribution in [0.5, 0.6) is 5.75 Å². The van der Waals surface area contributed by atoms with Crippen LogP contribution < -0.4 is 10.6 Å². The highest BCUT2D eigenvalue weighted by Crippen LogP contribution is 2.30. The van der Waals surface area contributed by atoms with Gasteiger partial charge in [-0.1, -0.05) is 12.1 Å². The molecule has 0 fully saturated rings. The number of carbonyl (C=O) groups is 2. The minimum Gasteiger partial charge on any atom is -0.508 e. The molecule has 2 aromatic carbocycles. The number of halogens is 3. The quantitative estimate of drug-likeness (QED) is 0.743.